The maximum atomic E-state index is 11.8. The highest BCUT2D eigenvalue weighted by molar-refractivity contribution is 7.89. The average Bonchev–Trinajstić information content (AvgIpc) is 2.43. The Balaban J connectivity index is 2.78. The van der Waals surface area contributed by atoms with Gasteiger partial charge in [-0.05, 0) is 18.6 Å². The fourth-order valence-corrected chi connectivity index (χ4v) is 3.04. The number of amides is 1. The van der Waals surface area contributed by atoms with Gasteiger partial charge in [0, 0.05) is 20.0 Å². The van der Waals surface area contributed by atoms with Crippen molar-refractivity contribution in [1.29, 1.82) is 0 Å². The lowest BCUT2D eigenvalue weighted by molar-refractivity contribution is -0.116. The first kappa shape index (κ1) is 17.5. The molecule has 0 saturated carbocycles. The SMILES string of the molecule is CCCS(=O)(=O)NCCN(C(C)=O)c1ccccc1OC. The predicted octanol–water partition coefficient (Wildman–Crippen LogP) is 1.38. The Kier molecular flexibility index (Phi) is 6.64. The summed E-state index contributed by atoms with van der Waals surface area (Å²) in [7, 11) is -1.74. The van der Waals surface area contributed by atoms with Gasteiger partial charge in [-0.15, -0.1) is 0 Å². The summed E-state index contributed by atoms with van der Waals surface area (Å²) < 4.78 is 30.9. The molecule has 1 amide bonds. The Morgan fingerprint density at radius 1 is 1.33 bits per heavy atom. The van der Waals surface area contributed by atoms with Crippen molar-refractivity contribution in [3.05, 3.63) is 24.3 Å². The highest BCUT2D eigenvalue weighted by atomic mass is 32.2. The molecule has 0 aliphatic carbocycles. The number of nitrogens with one attached hydrogen (secondary N) is 1. The van der Waals surface area contributed by atoms with Crippen molar-refractivity contribution in [2.45, 2.75) is 20.3 Å². The number of carbonyl (C=O) groups is 1. The minimum atomic E-state index is -3.27. The lowest BCUT2D eigenvalue weighted by atomic mass is 10.2. The predicted molar refractivity (Wildman–Crippen MR) is 83.1 cm³/mol. The Bertz CT molecular complexity index is 572. The first-order valence-electron chi connectivity index (χ1n) is 6.79. The van der Waals surface area contributed by atoms with E-state index in [4.69, 9.17) is 4.74 Å². The van der Waals surface area contributed by atoms with E-state index in [1.807, 2.05) is 6.07 Å². The number of carbonyl (C=O) groups excluding carboxylic acids is 1. The maximum absolute atomic E-state index is 11.8. The van der Waals surface area contributed by atoms with Crippen LogP contribution in [-0.4, -0.2) is 40.3 Å². The van der Waals surface area contributed by atoms with Crippen molar-refractivity contribution in [2.75, 3.05) is 30.9 Å². The van der Waals surface area contributed by atoms with Gasteiger partial charge in [-0.2, -0.15) is 0 Å². The summed E-state index contributed by atoms with van der Waals surface area (Å²) in [4.78, 5) is 13.3. The fraction of sp³-hybridized carbons (Fsp3) is 0.500. The topological polar surface area (TPSA) is 75.7 Å². The number of benzene rings is 1. The number of hydrogen-bond donors (Lipinski definition) is 1. The summed E-state index contributed by atoms with van der Waals surface area (Å²) >= 11 is 0. The molecule has 1 aromatic carbocycles. The number of para-hydroxylation sites is 2. The summed E-state index contributed by atoms with van der Waals surface area (Å²) in [5.74, 6) is 0.486. The van der Waals surface area contributed by atoms with E-state index < -0.39 is 10.0 Å². The van der Waals surface area contributed by atoms with Crippen LogP contribution in [0.1, 0.15) is 20.3 Å². The van der Waals surface area contributed by atoms with E-state index in [-0.39, 0.29) is 24.7 Å². The van der Waals surface area contributed by atoms with E-state index in [9.17, 15) is 13.2 Å². The zero-order chi connectivity index (χ0) is 15.9. The summed E-state index contributed by atoms with van der Waals surface area (Å²) in [5.41, 5.74) is 0.627. The van der Waals surface area contributed by atoms with Gasteiger partial charge in [0.2, 0.25) is 15.9 Å². The van der Waals surface area contributed by atoms with E-state index in [0.29, 0.717) is 17.9 Å². The van der Waals surface area contributed by atoms with Gasteiger partial charge in [-0.1, -0.05) is 19.1 Å². The molecule has 0 unspecified atom stereocenters. The van der Waals surface area contributed by atoms with E-state index in [1.165, 1.54) is 18.9 Å². The molecular formula is C14H22N2O4S. The number of nitrogens with zero attached hydrogens (tertiary/aromatic N) is 1. The lowest BCUT2D eigenvalue weighted by Gasteiger charge is -2.23. The molecule has 0 aromatic heterocycles. The molecule has 0 saturated heterocycles. The minimum absolute atomic E-state index is 0.0850. The third-order valence-electron chi connectivity index (χ3n) is 2.89. The molecule has 6 nitrogen and oxygen atoms in total. The van der Waals surface area contributed by atoms with Crippen molar-refractivity contribution in [1.82, 2.24) is 4.72 Å². The summed E-state index contributed by atoms with van der Waals surface area (Å²) in [5, 5.41) is 0. The first-order valence-corrected chi connectivity index (χ1v) is 8.45. The molecule has 0 atom stereocenters. The fourth-order valence-electron chi connectivity index (χ4n) is 1.95. The van der Waals surface area contributed by atoms with Crippen LogP contribution in [0.25, 0.3) is 0 Å². The summed E-state index contributed by atoms with van der Waals surface area (Å²) in [6, 6.07) is 7.13. The van der Waals surface area contributed by atoms with Crippen molar-refractivity contribution >= 4 is 21.6 Å². The van der Waals surface area contributed by atoms with Gasteiger partial charge in [0.15, 0.2) is 0 Å². The van der Waals surface area contributed by atoms with Gasteiger partial charge < -0.3 is 9.64 Å². The van der Waals surface area contributed by atoms with Crippen LogP contribution in [0.3, 0.4) is 0 Å². The molecule has 1 rings (SSSR count). The molecule has 0 radical (unpaired) electrons. The number of sulfonamides is 1. The highest BCUT2D eigenvalue weighted by Gasteiger charge is 2.16. The quantitative estimate of drug-likeness (QED) is 0.786. The molecule has 118 valence electrons. The molecule has 0 bridgehead atoms. The number of methoxy groups -OCH3 is 1. The van der Waals surface area contributed by atoms with E-state index >= 15 is 0 Å². The van der Waals surface area contributed by atoms with E-state index in [0.717, 1.165) is 0 Å². The molecule has 0 aliphatic rings. The number of rotatable bonds is 8. The molecule has 0 aliphatic heterocycles. The third kappa shape index (κ3) is 5.35. The number of ether oxygens (including phenoxy) is 1. The van der Waals surface area contributed by atoms with Crippen molar-refractivity contribution in [3.8, 4) is 5.75 Å². The van der Waals surface area contributed by atoms with Gasteiger partial charge in [-0.3, -0.25) is 4.79 Å². The van der Waals surface area contributed by atoms with Gasteiger partial charge >= 0.3 is 0 Å². The lowest BCUT2D eigenvalue weighted by Crippen LogP contribution is -2.38. The van der Waals surface area contributed by atoms with Crippen LogP contribution >= 0.6 is 0 Å². The normalized spacial score (nSPS) is 11.2. The van der Waals surface area contributed by atoms with Crippen LogP contribution < -0.4 is 14.4 Å². The second-order valence-electron chi connectivity index (χ2n) is 4.56. The molecule has 0 fully saturated rings. The molecule has 1 aromatic rings. The van der Waals surface area contributed by atoms with E-state index in [2.05, 4.69) is 4.72 Å². The Hall–Kier alpha value is -1.60. The zero-order valence-electron chi connectivity index (χ0n) is 12.6. The third-order valence-corrected chi connectivity index (χ3v) is 4.48. The van der Waals surface area contributed by atoms with Crippen LogP contribution in [-0.2, 0) is 14.8 Å². The number of anilines is 1. The second kappa shape index (κ2) is 7.99. The average molecular weight is 314 g/mol. The van der Waals surface area contributed by atoms with Gasteiger partial charge in [0.1, 0.15) is 5.75 Å². The molecular weight excluding hydrogens is 292 g/mol. The monoisotopic (exact) mass is 314 g/mol. The summed E-state index contributed by atoms with van der Waals surface area (Å²) in [6.45, 7) is 3.65. The molecule has 21 heavy (non-hydrogen) atoms. The molecule has 7 heteroatoms. The maximum Gasteiger partial charge on any atom is 0.224 e. The van der Waals surface area contributed by atoms with Crippen molar-refractivity contribution < 1.29 is 17.9 Å². The van der Waals surface area contributed by atoms with Crippen molar-refractivity contribution in [2.24, 2.45) is 0 Å². The second-order valence-corrected chi connectivity index (χ2v) is 6.48. The summed E-state index contributed by atoms with van der Waals surface area (Å²) in [6.07, 6.45) is 0.554. The number of hydrogen-bond acceptors (Lipinski definition) is 4. The van der Waals surface area contributed by atoms with Crippen LogP contribution in [0.4, 0.5) is 5.69 Å². The smallest absolute Gasteiger partial charge is 0.224 e. The zero-order valence-corrected chi connectivity index (χ0v) is 13.4. The Labute approximate surface area is 126 Å². The largest absolute Gasteiger partial charge is 0.495 e. The van der Waals surface area contributed by atoms with Crippen LogP contribution in [0.15, 0.2) is 24.3 Å². The first-order chi connectivity index (χ1) is 9.91. The molecule has 1 N–H and O–H groups in total. The van der Waals surface area contributed by atoms with Gasteiger partial charge in [0.25, 0.3) is 0 Å². The molecule has 0 spiro atoms. The minimum Gasteiger partial charge on any atom is -0.495 e. The van der Waals surface area contributed by atoms with Crippen molar-refractivity contribution in [3.63, 3.8) is 0 Å². The Morgan fingerprint density at radius 3 is 2.57 bits per heavy atom. The van der Waals surface area contributed by atoms with Crippen LogP contribution in [0, 0.1) is 0 Å². The Morgan fingerprint density at radius 2 is 2.00 bits per heavy atom. The van der Waals surface area contributed by atoms with E-state index in [1.54, 1.807) is 25.1 Å². The standard InChI is InChI=1S/C14H22N2O4S/c1-4-11-21(18,19)15-9-10-16(12(2)17)13-7-5-6-8-14(13)20-3/h5-8,15H,4,9-11H2,1-3H3. The van der Waals surface area contributed by atoms with Gasteiger partial charge in [0.05, 0.1) is 18.6 Å². The van der Waals surface area contributed by atoms with Crippen LogP contribution in [0.2, 0.25) is 0 Å². The molecule has 0 heterocycles. The highest BCUT2D eigenvalue weighted by Crippen LogP contribution is 2.27. The van der Waals surface area contributed by atoms with Crippen LogP contribution in [0.5, 0.6) is 5.75 Å². The van der Waals surface area contributed by atoms with Gasteiger partial charge in [-0.25, -0.2) is 13.1 Å².